The first-order chi connectivity index (χ1) is 9.99. The Kier molecular flexibility index (Phi) is 4.79. The molecular weight excluding hydrogens is 260 g/mol. The summed E-state index contributed by atoms with van der Waals surface area (Å²) in [6.45, 7) is 6.10. The smallest absolute Gasteiger partial charge is 0.163 e. The molecule has 2 aromatic carbocycles. The van der Waals surface area contributed by atoms with Crippen LogP contribution in [0.4, 0.5) is 0 Å². The van der Waals surface area contributed by atoms with E-state index >= 15 is 0 Å². The Bertz CT molecular complexity index is 628. The number of ketones is 1. The highest BCUT2D eigenvalue weighted by atomic mass is 16.3. The SMILES string of the molecule is Cc1cc(O)c(C(C)C)cc1CCC(=O)c1ccccc1. The van der Waals surface area contributed by atoms with E-state index in [1.54, 1.807) is 6.07 Å². The molecule has 0 fully saturated rings. The molecule has 21 heavy (non-hydrogen) atoms. The molecule has 0 radical (unpaired) electrons. The van der Waals surface area contributed by atoms with Crippen LogP contribution in [0.3, 0.4) is 0 Å². The number of carbonyl (C=O) groups excluding carboxylic acids is 1. The van der Waals surface area contributed by atoms with Crippen LogP contribution in [-0.2, 0) is 6.42 Å². The minimum Gasteiger partial charge on any atom is -0.508 e. The van der Waals surface area contributed by atoms with E-state index in [4.69, 9.17) is 0 Å². The zero-order valence-corrected chi connectivity index (χ0v) is 12.9. The number of phenols is 1. The number of phenolic OH excluding ortho intramolecular Hbond substituents is 1. The number of carbonyl (C=O) groups is 1. The first-order valence-electron chi connectivity index (χ1n) is 7.39. The van der Waals surface area contributed by atoms with Crippen molar-refractivity contribution in [2.75, 3.05) is 0 Å². The van der Waals surface area contributed by atoms with Crippen molar-refractivity contribution in [3.8, 4) is 5.75 Å². The molecule has 0 aliphatic heterocycles. The number of hydrogen-bond donors (Lipinski definition) is 1. The predicted molar refractivity (Wildman–Crippen MR) is 86.0 cm³/mol. The highest BCUT2D eigenvalue weighted by Crippen LogP contribution is 2.29. The van der Waals surface area contributed by atoms with Crippen molar-refractivity contribution in [3.05, 3.63) is 64.7 Å². The first kappa shape index (κ1) is 15.3. The standard InChI is InChI=1S/C19H22O2/c1-13(2)17-12-16(14(3)11-19(17)21)9-10-18(20)15-7-5-4-6-8-15/h4-8,11-13,21H,9-10H2,1-3H3. The van der Waals surface area contributed by atoms with E-state index in [-0.39, 0.29) is 11.7 Å². The molecule has 2 nitrogen and oxygen atoms in total. The van der Waals surface area contributed by atoms with Gasteiger partial charge in [-0.15, -0.1) is 0 Å². The zero-order valence-electron chi connectivity index (χ0n) is 12.9. The van der Waals surface area contributed by atoms with Crippen LogP contribution in [0.2, 0.25) is 0 Å². The average molecular weight is 282 g/mol. The first-order valence-corrected chi connectivity index (χ1v) is 7.39. The molecule has 0 aliphatic rings. The number of aryl methyl sites for hydroxylation is 2. The van der Waals surface area contributed by atoms with Gasteiger partial charge in [-0.1, -0.05) is 50.2 Å². The van der Waals surface area contributed by atoms with Gasteiger partial charge in [-0.25, -0.2) is 0 Å². The van der Waals surface area contributed by atoms with Crippen molar-refractivity contribution in [3.63, 3.8) is 0 Å². The topological polar surface area (TPSA) is 37.3 Å². The Hall–Kier alpha value is -2.09. The lowest BCUT2D eigenvalue weighted by Gasteiger charge is -2.13. The van der Waals surface area contributed by atoms with E-state index in [0.717, 1.165) is 22.3 Å². The second-order valence-electron chi connectivity index (χ2n) is 5.78. The number of Topliss-reactive ketones (excluding diaryl/α,β-unsaturated/α-hetero) is 1. The van der Waals surface area contributed by atoms with Crippen LogP contribution in [0.15, 0.2) is 42.5 Å². The normalized spacial score (nSPS) is 10.9. The second kappa shape index (κ2) is 6.57. The van der Waals surface area contributed by atoms with Crippen molar-refractivity contribution in [2.45, 2.75) is 39.5 Å². The Morgan fingerprint density at radius 3 is 2.43 bits per heavy atom. The predicted octanol–water partition coefficient (Wildman–Crippen LogP) is 4.64. The summed E-state index contributed by atoms with van der Waals surface area (Å²) in [6.07, 6.45) is 1.20. The lowest BCUT2D eigenvalue weighted by atomic mass is 9.93. The van der Waals surface area contributed by atoms with Crippen LogP contribution >= 0.6 is 0 Å². The summed E-state index contributed by atoms with van der Waals surface area (Å²) >= 11 is 0. The van der Waals surface area contributed by atoms with Crippen molar-refractivity contribution in [2.24, 2.45) is 0 Å². The van der Waals surface area contributed by atoms with Gasteiger partial charge >= 0.3 is 0 Å². The van der Waals surface area contributed by atoms with Gasteiger partial charge in [-0.2, -0.15) is 0 Å². The molecule has 0 amide bonds. The van der Waals surface area contributed by atoms with E-state index < -0.39 is 0 Å². The molecular formula is C19H22O2. The van der Waals surface area contributed by atoms with Gasteiger partial charge in [0.1, 0.15) is 5.75 Å². The highest BCUT2D eigenvalue weighted by molar-refractivity contribution is 5.96. The van der Waals surface area contributed by atoms with Gasteiger partial charge in [0, 0.05) is 12.0 Å². The molecule has 0 heterocycles. The Balaban J connectivity index is 2.13. The van der Waals surface area contributed by atoms with Gasteiger partial charge in [0.05, 0.1) is 0 Å². The fourth-order valence-corrected chi connectivity index (χ4v) is 2.50. The van der Waals surface area contributed by atoms with Gasteiger partial charge in [0.2, 0.25) is 0 Å². The third-order valence-corrected chi connectivity index (χ3v) is 3.82. The van der Waals surface area contributed by atoms with Gasteiger partial charge in [-0.05, 0) is 42.0 Å². The van der Waals surface area contributed by atoms with Crippen molar-refractivity contribution in [1.82, 2.24) is 0 Å². The average Bonchev–Trinajstić information content (AvgIpc) is 2.46. The Morgan fingerprint density at radius 1 is 1.14 bits per heavy atom. The lowest BCUT2D eigenvalue weighted by Crippen LogP contribution is -2.03. The largest absolute Gasteiger partial charge is 0.508 e. The summed E-state index contributed by atoms with van der Waals surface area (Å²) in [5.41, 5.74) is 3.89. The maximum absolute atomic E-state index is 12.2. The molecule has 0 spiro atoms. The van der Waals surface area contributed by atoms with E-state index in [2.05, 4.69) is 13.8 Å². The monoisotopic (exact) mass is 282 g/mol. The molecule has 110 valence electrons. The molecule has 0 saturated heterocycles. The van der Waals surface area contributed by atoms with Crippen LogP contribution in [0, 0.1) is 6.92 Å². The molecule has 0 atom stereocenters. The molecule has 0 aromatic heterocycles. The number of aromatic hydroxyl groups is 1. The molecule has 0 aliphatic carbocycles. The molecule has 0 unspecified atom stereocenters. The second-order valence-corrected chi connectivity index (χ2v) is 5.78. The lowest BCUT2D eigenvalue weighted by molar-refractivity contribution is 0.0983. The minimum atomic E-state index is 0.161. The number of rotatable bonds is 5. The fourth-order valence-electron chi connectivity index (χ4n) is 2.50. The summed E-state index contributed by atoms with van der Waals surface area (Å²) < 4.78 is 0. The number of benzene rings is 2. The molecule has 1 N–H and O–H groups in total. The van der Waals surface area contributed by atoms with Crippen molar-refractivity contribution < 1.29 is 9.90 Å². The highest BCUT2D eigenvalue weighted by Gasteiger charge is 2.12. The molecule has 2 rings (SSSR count). The molecule has 2 aromatic rings. The van der Waals surface area contributed by atoms with Crippen molar-refractivity contribution >= 4 is 5.78 Å². The molecule has 0 bridgehead atoms. The van der Waals surface area contributed by atoms with E-state index in [9.17, 15) is 9.90 Å². The van der Waals surface area contributed by atoms with Gasteiger partial charge in [0.25, 0.3) is 0 Å². The van der Waals surface area contributed by atoms with Gasteiger partial charge < -0.3 is 5.11 Å². The fraction of sp³-hybridized carbons (Fsp3) is 0.316. The van der Waals surface area contributed by atoms with Crippen LogP contribution < -0.4 is 0 Å². The zero-order chi connectivity index (χ0) is 15.4. The third-order valence-electron chi connectivity index (χ3n) is 3.82. The summed E-state index contributed by atoms with van der Waals surface area (Å²) in [5.74, 6) is 0.781. The van der Waals surface area contributed by atoms with E-state index in [1.807, 2.05) is 43.3 Å². The van der Waals surface area contributed by atoms with Crippen LogP contribution in [0.1, 0.15) is 53.2 Å². The van der Waals surface area contributed by atoms with Crippen LogP contribution in [0.25, 0.3) is 0 Å². The van der Waals surface area contributed by atoms with Gasteiger partial charge in [0.15, 0.2) is 5.78 Å². The Morgan fingerprint density at radius 2 is 1.81 bits per heavy atom. The number of hydrogen-bond acceptors (Lipinski definition) is 2. The summed E-state index contributed by atoms with van der Waals surface area (Å²) in [5, 5.41) is 9.97. The van der Waals surface area contributed by atoms with E-state index in [0.29, 0.717) is 18.6 Å². The minimum absolute atomic E-state index is 0.161. The maximum atomic E-state index is 12.2. The molecule has 0 saturated carbocycles. The Labute approximate surface area is 126 Å². The van der Waals surface area contributed by atoms with Crippen LogP contribution in [0.5, 0.6) is 5.75 Å². The van der Waals surface area contributed by atoms with Gasteiger partial charge in [-0.3, -0.25) is 4.79 Å². The van der Waals surface area contributed by atoms with Crippen molar-refractivity contribution in [1.29, 1.82) is 0 Å². The maximum Gasteiger partial charge on any atom is 0.163 e. The molecule has 2 heteroatoms. The van der Waals surface area contributed by atoms with E-state index in [1.165, 1.54) is 0 Å². The quantitative estimate of drug-likeness (QED) is 0.811. The van der Waals surface area contributed by atoms with Crippen LogP contribution in [-0.4, -0.2) is 10.9 Å². The summed E-state index contributed by atoms with van der Waals surface area (Å²) in [4.78, 5) is 12.2. The summed E-state index contributed by atoms with van der Waals surface area (Å²) in [7, 11) is 0. The summed E-state index contributed by atoms with van der Waals surface area (Å²) in [6, 6.07) is 13.2. The third kappa shape index (κ3) is 3.72.